The van der Waals surface area contributed by atoms with Gasteiger partial charge in [0.05, 0.1) is 6.26 Å². The minimum absolute atomic E-state index is 0.0633. The van der Waals surface area contributed by atoms with Gasteiger partial charge in [0.15, 0.2) is 0 Å². The van der Waals surface area contributed by atoms with Crippen LogP contribution in [-0.4, -0.2) is 17.1 Å². The molecule has 0 spiro atoms. The van der Waals surface area contributed by atoms with E-state index >= 15 is 0 Å². The lowest BCUT2D eigenvalue weighted by Gasteiger charge is -2.28. The summed E-state index contributed by atoms with van der Waals surface area (Å²) in [6.45, 7) is 4.02. The first-order valence-electron chi connectivity index (χ1n) is 7.60. The monoisotopic (exact) mass is 279 g/mol. The molecule has 20 heavy (non-hydrogen) atoms. The molecule has 4 heteroatoms. The van der Waals surface area contributed by atoms with Crippen molar-refractivity contribution in [3.63, 3.8) is 0 Å². The minimum atomic E-state index is -0.665. The summed E-state index contributed by atoms with van der Waals surface area (Å²) in [5, 5.41) is 13.1. The molecule has 0 aliphatic heterocycles. The van der Waals surface area contributed by atoms with Crippen LogP contribution >= 0.6 is 0 Å². The van der Waals surface area contributed by atoms with Crippen LogP contribution in [0.1, 0.15) is 64.2 Å². The molecule has 1 heterocycles. The van der Waals surface area contributed by atoms with E-state index in [-0.39, 0.29) is 17.4 Å². The van der Waals surface area contributed by atoms with Crippen molar-refractivity contribution in [3.8, 4) is 0 Å². The van der Waals surface area contributed by atoms with Crippen LogP contribution < -0.4 is 5.32 Å². The summed E-state index contributed by atoms with van der Waals surface area (Å²) < 4.78 is 5.18. The molecule has 2 rings (SSSR count). The Morgan fingerprint density at radius 1 is 1.50 bits per heavy atom. The van der Waals surface area contributed by atoms with E-state index in [4.69, 9.17) is 4.42 Å². The summed E-state index contributed by atoms with van der Waals surface area (Å²) in [5.74, 6) is 0.703. The van der Waals surface area contributed by atoms with E-state index < -0.39 is 6.10 Å². The summed E-state index contributed by atoms with van der Waals surface area (Å²) in [7, 11) is 0. The lowest BCUT2D eigenvalue weighted by Crippen LogP contribution is -2.43. The van der Waals surface area contributed by atoms with Gasteiger partial charge in [-0.25, -0.2) is 0 Å². The maximum absolute atomic E-state index is 12.5. The van der Waals surface area contributed by atoms with Crippen LogP contribution in [0.5, 0.6) is 0 Å². The van der Waals surface area contributed by atoms with Crippen LogP contribution in [0.4, 0.5) is 0 Å². The average Bonchev–Trinajstić information content (AvgIpc) is 3.10. The normalized spacial score (nSPS) is 20.6. The van der Waals surface area contributed by atoms with E-state index in [0.29, 0.717) is 12.2 Å². The zero-order valence-corrected chi connectivity index (χ0v) is 12.4. The van der Waals surface area contributed by atoms with Gasteiger partial charge < -0.3 is 14.8 Å². The van der Waals surface area contributed by atoms with Gasteiger partial charge in [-0.3, -0.25) is 4.79 Å². The molecule has 0 bridgehead atoms. The number of carbonyl (C=O) groups excluding carboxylic acids is 1. The molecule has 0 saturated heterocycles. The van der Waals surface area contributed by atoms with Crippen molar-refractivity contribution in [2.45, 2.75) is 64.5 Å². The van der Waals surface area contributed by atoms with E-state index in [2.05, 4.69) is 12.2 Å². The molecule has 1 amide bonds. The van der Waals surface area contributed by atoms with Crippen molar-refractivity contribution >= 4 is 5.91 Å². The summed E-state index contributed by atoms with van der Waals surface area (Å²) in [4.78, 5) is 12.5. The summed E-state index contributed by atoms with van der Waals surface area (Å²) in [6.07, 6.45) is 6.51. The Balaban J connectivity index is 1.87. The molecular weight excluding hydrogens is 254 g/mol. The van der Waals surface area contributed by atoms with Crippen LogP contribution in [0.2, 0.25) is 0 Å². The molecule has 2 N–H and O–H groups in total. The Morgan fingerprint density at radius 3 is 2.75 bits per heavy atom. The number of aliphatic hydroxyl groups excluding tert-OH is 1. The van der Waals surface area contributed by atoms with E-state index in [1.807, 2.05) is 6.92 Å². The van der Waals surface area contributed by atoms with Gasteiger partial charge in [-0.05, 0) is 38.3 Å². The highest BCUT2D eigenvalue weighted by Gasteiger charge is 2.39. The molecule has 4 nitrogen and oxygen atoms in total. The van der Waals surface area contributed by atoms with Crippen LogP contribution in [0.25, 0.3) is 0 Å². The SMILES string of the molecule is CCC1(C(=O)NC(C)CC(O)c2ccco2)CCCC1. The fourth-order valence-electron chi connectivity index (χ4n) is 3.16. The molecular formula is C16H25NO3. The average molecular weight is 279 g/mol. The van der Waals surface area contributed by atoms with Gasteiger partial charge in [0.2, 0.25) is 5.91 Å². The molecule has 2 atom stereocenters. The fourth-order valence-corrected chi connectivity index (χ4v) is 3.16. The van der Waals surface area contributed by atoms with E-state index in [1.165, 1.54) is 0 Å². The van der Waals surface area contributed by atoms with Gasteiger partial charge in [-0.1, -0.05) is 19.8 Å². The van der Waals surface area contributed by atoms with Crippen molar-refractivity contribution in [2.75, 3.05) is 0 Å². The first-order chi connectivity index (χ1) is 9.57. The molecule has 2 unspecified atom stereocenters. The van der Waals surface area contributed by atoms with Gasteiger partial charge >= 0.3 is 0 Å². The van der Waals surface area contributed by atoms with E-state index in [9.17, 15) is 9.90 Å². The van der Waals surface area contributed by atoms with Crippen molar-refractivity contribution < 1.29 is 14.3 Å². The second-order valence-electron chi connectivity index (χ2n) is 5.98. The number of rotatable bonds is 6. The first-order valence-corrected chi connectivity index (χ1v) is 7.60. The molecule has 1 fully saturated rings. The first kappa shape index (κ1) is 15.1. The van der Waals surface area contributed by atoms with E-state index in [1.54, 1.807) is 18.4 Å². The maximum Gasteiger partial charge on any atom is 0.226 e. The largest absolute Gasteiger partial charge is 0.467 e. The van der Waals surface area contributed by atoms with Gasteiger partial charge in [0.1, 0.15) is 11.9 Å². The van der Waals surface area contributed by atoms with Gasteiger partial charge in [0.25, 0.3) is 0 Å². The second-order valence-corrected chi connectivity index (χ2v) is 5.98. The Kier molecular flexibility index (Phi) is 4.86. The Labute approximate surface area is 120 Å². The molecule has 1 aromatic heterocycles. The van der Waals surface area contributed by atoms with Crippen LogP contribution in [0.15, 0.2) is 22.8 Å². The van der Waals surface area contributed by atoms with Gasteiger partial charge in [0, 0.05) is 17.9 Å². The van der Waals surface area contributed by atoms with Crippen LogP contribution in [0, 0.1) is 5.41 Å². The maximum atomic E-state index is 12.5. The number of furan rings is 1. The highest BCUT2D eigenvalue weighted by atomic mass is 16.4. The molecule has 0 radical (unpaired) electrons. The molecule has 1 aliphatic carbocycles. The van der Waals surface area contributed by atoms with Crippen LogP contribution in [0.3, 0.4) is 0 Å². The zero-order chi connectivity index (χ0) is 14.6. The molecule has 1 aromatic rings. The summed E-state index contributed by atoms with van der Waals surface area (Å²) in [6, 6.07) is 3.45. The third kappa shape index (κ3) is 3.23. The summed E-state index contributed by atoms with van der Waals surface area (Å²) >= 11 is 0. The van der Waals surface area contributed by atoms with Gasteiger partial charge in [-0.15, -0.1) is 0 Å². The van der Waals surface area contributed by atoms with E-state index in [0.717, 1.165) is 32.1 Å². The lowest BCUT2D eigenvalue weighted by molar-refractivity contribution is -0.131. The van der Waals surface area contributed by atoms with Crippen molar-refractivity contribution in [2.24, 2.45) is 5.41 Å². The number of carbonyl (C=O) groups is 1. The van der Waals surface area contributed by atoms with Crippen molar-refractivity contribution in [1.82, 2.24) is 5.32 Å². The zero-order valence-electron chi connectivity index (χ0n) is 12.4. The second kappa shape index (κ2) is 6.44. The van der Waals surface area contributed by atoms with Gasteiger partial charge in [-0.2, -0.15) is 0 Å². The van der Waals surface area contributed by atoms with Crippen molar-refractivity contribution in [3.05, 3.63) is 24.2 Å². The highest BCUT2D eigenvalue weighted by molar-refractivity contribution is 5.83. The lowest BCUT2D eigenvalue weighted by atomic mass is 9.82. The third-order valence-corrected chi connectivity index (χ3v) is 4.55. The Bertz CT molecular complexity index is 421. The number of hydrogen-bond donors (Lipinski definition) is 2. The predicted octanol–water partition coefficient (Wildman–Crippen LogP) is 3.18. The standard InChI is InChI=1S/C16H25NO3/c1-3-16(8-4-5-9-16)15(19)17-12(2)11-13(18)14-7-6-10-20-14/h6-7,10,12-13,18H,3-5,8-9,11H2,1-2H3,(H,17,19). The Morgan fingerprint density at radius 2 is 2.20 bits per heavy atom. The van der Waals surface area contributed by atoms with Crippen molar-refractivity contribution in [1.29, 1.82) is 0 Å². The number of amides is 1. The molecule has 112 valence electrons. The minimum Gasteiger partial charge on any atom is -0.467 e. The third-order valence-electron chi connectivity index (χ3n) is 4.55. The highest BCUT2D eigenvalue weighted by Crippen LogP contribution is 2.41. The predicted molar refractivity (Wildman–Crippen MR) is 77.1 cm³/mol. The number of hydrogen-bond acceptors (Lipinski definition) is 3. The topological polar surface area (TPSA) is 62.5 Å². The quantitative estimate of drug-likeness (QED) is 0.840. The molecule has 1 saturated carbocycles. The smallest absolute Gasteiger partial charge is 0.226 e. The number of aliphatic hydroxyl groups is 1. The fraction of sp³-hybridized carbons (Fsp3) is 0.688. The Hall–Kier alpha value is -1.29. The number of nitrogens with one attached hydrogen (secondary N) is 1. The molecule has 1 aliphatic rings. The van der Waals surface area contributed by atoms with Crippen LogP contribution in [-0.2, 0) is 4.79 Å². The summed E-state index contributed by atoms with van der Waals surface area (Å²) in [5.41, 5.74) is -0.177. The molecule has 0 aromatic carbocycles.